The monoisotopic (exact) mass is 326 g/mol. The van der Waals surface area contributed by atoms with Gasteiger partial charge in [-0.25, -0.2) is 4.79 Å². The van der Waals surface area contributed by atoms with Gasteiger partial charge in [0.2, 0.25) is 0 Å². The molecule has 1 aliphatic rings. The molecule has 124 valence electrons. The van der Waals surface area contributed by atoms with E-state index in [9.17, 15) is 14.4 Å². The fourth-order valence-electron chi connectivity index (χ4n) is 2.79. The Morgan fingerprint density at radius 1 is 1.25 bits per heavy atom. The molecule has 0 amide bonds. The Morgan fingerprint density at radius 3 is 2.62 bits per heavy atom. The number of carbonyl (C=O) groups is 2. The molecular weight excluding hydrogens is 308 g/mol. The maximum Gasteiger partial charge on any atom is 0.339 e. The molecule has 0 saturated heterocycles. The maximum atomic E-state index is 13.0. The molecule has 6 heteroatoms. The second-order valence-electron chi connectivity index (χ2n) is 5.61. The molecule has 0 spiro atoms. The van der Waals surface area contributed by atoms with E-state index in [2.05, 4.69) is 5.32 Å². The van der Waals surface area contributed by atoms with Crippen molar-refractivity contribution in [1.82, 2.24) is 4.57 Å². The number of hydrogen-bond acceptors (Lipinski definition) is 5. The van der Waals surface area contributed by atoms with Crippen molar-refractivity contribution in [1.29, 1.82) is 0 Å². The number of benzene rings is 1. The Kier molecular flexibility index (Phi) is 4.20. The molecule has 2 aromatic rings. The van der Waals surface area contributed by atoms with Crippen molar-refractivity contribution in [2.24, 2.45) is 0 Å². The van der Waals surface area contributed by atoms with Crippen LogP contribution in [0, 0.1) is 6.92 Å². The van der Waals surface area contributed by atoms with Crippen LogP contribution in [0.25, 0.3) is 0 Å². The van der Waals surface area contributed by atoms with E-state index < -0.39 is 5.97 Å². The van der Waals surface area contributed by atoms with Crippen LogP contribution in [0.5, 0.6) is 0 Å². The second-order valence-corrected chi connectivity index (χ2v) is 5.61. The molecule has 6 nitrogen and oxygen atoms in total. The summed E-state index contributed by atoms with van der Waals surface area (Å²) in [5, 5.41) is 3.04. The lowest BCUT2D eigenvalue weighted by Crippen LogP contribution is -2.24. The van der Waals surface area contributed by atoms with Crippen LogP contribution >= 0.6 is 0 Å². The first-order valence-corrected chi connectivity index (χ1v) is 7.83. The molecule has 2 heterocycles. The number of ketones is 1. The minimum absolute atomic E-state index is 0.00748. The molecule has 0 radical (unpaired) electrons. The van der Waals surface area contributed by atoms with Crippen molar-refractivity contribution in [2.75, 3.05) is 18.5 Å². The summed E-state index contributed by atoms with van der Waals surface area (Å²) in [6, 6.07) is 8.28. The molecule has 0 unspecified atom stereocenters. The van der Waals surface area contributed by atoms with Crippen LogP contribution in [0.2, 0.25) is 0 Å². The molecule has 3 rings (SSSR count). The normalized spacial score (nSPS) is 12.4. The van der Waals surface area contributed by atoms with E-state index in [1.165, 1.54) is 10.6 Å². The minimum atomic E-state index is -0.665. The number of aryl methyl sites for hydroxylation is 1. The van der Waals surface area contributed by atoms with Gasteiger partial charge in [-0.2, -0.15) is 0 Å². The minimum Gasteiger partial charge on any atom is -0.462 e. The largest absolute Gasteiger partial charge is 0.462 e. The van der Waals surface area contributed by atoms with Gasteiger partial charge in [-0.15, -0.1) is 0 Å². The Hall–Kier alpha value is -2.89. The number of rotatable bonds is 4. The number of carbonyl (C=O) groups excluding carboxylic acids is 2. The highest BCUT2D eigenvalue weighted by Gasteiger charge is 2.28. The third-order valence-corrected chi connectivity index (χ3v) is 3.97. The highest BCUT2D eigenvalue weighted by atomic mass is 16.5. The lowest BCUT2D eigenvalue weighted by molar-refractivity contribution is 0.0523. The summed E-state index contributed by atoms with van der Waals surface area (Å²) >= 11 is 0. The molecule has 1 N–H and O–H groups in total. The van der Waals surface area contributed by atoms with Crippen LogP contribution in [-0.2, 0) is 11.3 Å². The van der Waals surface area contributed by atoms with E-state index in [1.54, 1.807) is 19.1 Å². The molecule has 24 heavy (non-hydrogen) atoms. The van der Waals surface area contributed by atoms with Gasteiger partial charge >= 0.3 is 5.97 Å². The zero-order valence-electron chi connectivity index (χ0n) is 13.6. The first-order valence-electron chi connectivity index (χ1n) is 7.83. The number of pyridine rings is 1. The summed E-state index contributed by atoms with van der Waals surface area (Å²) in [6.45, 7) is 4.78. The second kappa shape index (κ2) is 6.31. The first kappa shape index (κ1) is 16.0. The predicted octanol–water partition coefficient (Wildman–Crippen LogP) is 1.99. The van der Waals surface area contributed by atoms with Gasteiger partial charge in [0.25, 0.3) is 5.56 Å². The molecule has 1 aromatic carbocycles. The SMILES string of the molecule is CCOC(=O)c1cc(=O)n2c(c1C(=O)c1ccc(C)cc1)NCC2. The molecule has 1 aromatic heterocycles. The summed E-state index contributed by atoms with van der Waals surface area (Å²) in [6.07, 6.45) is 0. The van der Waals surface area contributed by atoms with Gasteiger partial charge in [0, 0.05) is 24.7 Å². The van der Waals surface area contributed by atoms with Gasteiger partial charge < -0.3 is 10.1 Å². The fraction of sp³-hybridized carbons (Fsp3) is 0.278. The van der Waals surface area contributed by atoms with Crippen LogP contribution in [0.15, 0.2) is 35.1 Å². The molecule has 0 atom stereocenters. The van der Waals surface area contributed by atoms with Crippen molar-refractivity contribution in [3.8, 4) is 0 Å². The van der Waals surface area contributed by atoms with Crippen molar-refractivity contribution in [2.45, 2.75) is 20.4 Å². The van der Waals surface area contributed by atoms with E-state index in [4.69, 9.17) is 4.74 Å². The summed E-state index contributed by atoms with van der Waals surface area (Å²) in [5.74, 6) is -0.588. The fourth-order valence-corrected chi connectivity index (χ4v) is 2.79. The molecule has 0 bridgehead atoms. The zero-order valence-corrected chi connectivity index (χ0v) is 13.6. The summed E-state index contributed by atoms with van der Waals surface area (Å²) < 4.78 is 6.50. The standard InChI is InChI=1S/C18H18N2O4/c1-3-24-18(23)13-10-14(21)20-9-8-19-17(20)15(13)16(22)12-6-4-11(2)5-7-12/h4-7,10,19H,3,8-9H2,1-2H3. The lowest BCUT2D eigenvalue weighted by Gasteiger charge is -2.13. The van der Waals surface area contributed by atoms with Gasteiger partial charge in [0.1, 0.15) is 5.82 Å². The van der Waals surface area contributed by atoms with E-state index in [0.29, 0.717) is 24.5 Å². The van der Waals surface area contributed by atoms with E-state index >= 15 is 0 Å². The number of aromatic nitrogens is 1. The number of nitrogens with zero attached hydrogens (tertiary/aromatic N) is 1. The Morgan fingerprint density at radius 2 is 1.96 bits per heavy atom. The highest BCUT2D eigenvalue weighted by molar-refractivity contribution is 6.17. The molecule has 1 aliphatic heterocycles. The number of fused-ring (bicyclic) bond motifs is 1. The number of esters is 1. The number of anilines is 1. The summed E-state index contributed by atoms with van der Waals surface area (Å²) in [7, 11) is 0. The van der Waals surface area contributed by atoms with Crippen molar-refractivity contribution in [3.05, 3.63) is 62.9 Å². The van der Waals surface area contributed by atoms with Gasteiger partial charge in [-0.3, -0.25) is 14.2 Å². The van der Waals surface area contributed by atoms with Crippen molar-refractivity contribution < 1.29 is 14.3 Å². The van der Waals surface area contributed by atoms with Crippen molar-refractivity contribution in [3.63, 3.8) is 0 Å². The Balaban J connectivity index is 2.19. The third kappa shape index (κ3) is 2.71. The van der Waals surface area contributed by atoms with E-state index in [1.807, 2.05) is 19.1 Å². The van der Waals surface area contributed by atoms with Crippen LogP contribution < -0.4 is 10.9 Å². The summed E-state index contributed by atoms with van der Waals surface area (Å²) in [5.41, 5.74) is 1.37. The third-order valence-electron chi connectivity index (χ3n) is 3.97. The lowest BCUT2D eigenvalue weighted by atomic mass is 9.98. The van der Waals surface area contributed by atoms with Crippen molar-refractivity contribution >= 4 is 17.6 Å². The van der Waals surface area contributed by atoms with Gasteiger partial charge in [0.15, 0.2) is 5.78 Å². The number of ether oxygens (including phenoxy) is 1. The zero-order chi connectivity index (χ0) is 17.3. The number of nitrogens with one attached hydrogen (secondary N) is 1. The Bertz CT molecular complexity index is 866. The predicted molar refractivity (Wildman–Crippen MR) is 89.8 cm³/mol. The van der Waals surface area contributed by atoms with Crippen LogP contribution in [-0.4, -0.2) is 29.5 Å². The Labute approximate surface area is 139 Å². The first-order chi connectivity index (χ1) is 11.5. The molecular formula is C18H18N2O4. The van der Waals surface area contributed by atoms with Crippen LogP contribution in [0.3, 0.4) is 0 Å². The van der Waals surface area contributed by atoms with E-state index in [0.717, 1.165) is 5.56 Å². The maximum absolute atomic E-state index is 13.0. The quantitative estimate of drug-likeness (QED) is 0.687. The van der Waals surface area contributed by atoms with Crippen LogP contribution in [0.1, 0.15) is 38.8 Å². The van der Waals surface area contributed by atoms with Crippen LogP contribution in [0.4, 0.5) is 5.82 Å². The average Bonchev–Trinajstić information content (AvgIpc) is 3.05. The van der Waals surface area contributed by atoms with Gasteiger partial charge in [0.05, 0.1) is 17.7 Å². The molecule has 0 saturated carbocycles. The smallest absolute Gasteiger partial charge is 0.339 e. The number of hydrogen-bond donors (Lipinski definition) is 1. The highest BCUT2D eigenvalue weighted by Crippen LogP contribution is 2.25. The molecule has 0 fully saturated rings. The topological polar surface area (TPSA) is 77.4 Å². The average molecular weight is 326 g/mol. The summed E-state index contributed by atoms with van der Waals surface area (Å²) in [4.78, 5) is 37.5. The van der Waals surface area contributed by atoms with Gasteiger partial charge in [-0.05, 0) is 13.8 Å². The van der Waals surface area contributed by atoms with E-state index in [-0.39, 0.29) is 29.1 Å². The van der Waals surface area contributed by atoms with Gasteiger partial charge in [-0.1, -0.05) is 29.8 Å². The molecule has 0 aliphatic carbocycles.